The van der Waals surface area contributed by atoms with Crippen molar-refractivity contribution >= 4 is 0 Å². The molecule has 0 heterocycles. The summed E-state index contributed by atoms with van der Waals surface area (Å²) in [6, 6.07) is 7.91. The summed E-state index contributed by atoms with van der Waals surface area (Å²) >= 11 is 0. The van der Waals surface area contributed by atoms with Crippen molar-refractivity contribution in [1.29, 1.82) is 0 Å². The van der Waals surface area contributed by atoms with Gasteiger partial charge < -0.3 is 9.84 Å². The largest absolute Gasteiger partial charge is 0.491 e. The van der Waals surface area contributed by atoms with Gasteiger partial charge in [-0.1, -0.05) is 45.9 Å². The van der Waals surface area contributed by atoms with Gasteiger partial charge in [-0.25, -0.2) is 0 Å². The zero-order chi connectivity index (χ0) is 15.3. The molecular formula is C18H30O2. The highest BCUT2D eigenvalue weighted by Gasteiger charge is 2.33. The predicted molar refractivity (Wildman–Crippen MR) is 85.0 cm³/mol. The lowest BCUT2D eigenvalue weighted by molar-refractivity contribution is -0.00743. The molecule has 0 spiro atoms. The quantitative estimate of drug-likeness (QED) is 0.779. The Morgan fingerprint density at radius 1 is 0.950 bits per heavy atom. The van der Waals surface area contributed by atoms with Crippen molar-refractivity contribution in [3.63, 3.8) is 0 Å². The monoisotopic (exact) mass is 278 g/mol. The van der Waals surface area contributed by atoms with Crippen LogP contribution in [0.4, 0.5) is 0 Å². The number of hydrogen-bond donors (Lipinski definition) is 1. The first-order valence-electron chi connectivity index (χ1n) is 7.73. The number of rotatable bonds is 7. The molecule has 0 aliphatic heterocycles. The molecule has 114 valence electrons. The Morgan fingerprint density at radius 3 is 1.90 bits per heavy atom. The van der Waals surface area contributed by atoms with Crippen LogP contribution in [0.1, 0.15) is 59.9 Å². The van der Waals surface area contributed by atoms with Crippen LogP contribution in [-0.4, -0.2) is 11.2 Å². The third-order valence-electron chi connectivity index (χ3n) is 3.24. The lowest BCUT2D eigenvalue weighted by Crippen LogP contribution is -2.30. The first kappa shape index (κ1) is 17.0. The molecule has 0 atom stereocenters. The van der Waals surface area contributed by atoms with E-state index in [0.717, 1.165) is 24.2 Å². The van der Waals surface area contributed by atoms with Gasteiger partial charge in [-0.05, 0) is 44.6 Å². The number of ether oxygens (including phenoxy) is 1. The minimum Gasteiger partial charge on any atom is -0.491 e. The van der Waals surface area contributed by atoms with Crippen LogP contribution in [-0.2, 0) is 5.60 Å². The van der Waals surface area contributed by atoms with E-state index in [1.807, 2.05) is 38.1 Å². The summed E-state index contributed by atoms with van der Waals surface area (Å²) in [6.45, 7) is 12.6. The van der Waals surface area contributed by atoms with E-state index in [2.05, 4.69) is 27.7 Å². The van der Waals surface area contributed by atoms with Crippen LogP contribution in [0.15, 0.2) is 24.3 Å². The van der Waals surface area contributed by atoms with Crippen molar-refractivity contribution in [3.05, 3.63) is 29.8 Å². The standard InChI is InChI=1S/C18H30O2/c1-13(2)11-18(19,12-14(3)4)16-9-7-8-10-17(16)20-15(5)6/h7-10,13-15,19H,11-12H2,1-6H3. The zero-order valence-corrected chi connectivity index (χ0v) is 13.8. The average Bonchev–Trinajstić information content (AvgIpc) is 2.26. The lowest BCUT2D eigenvalue weighted by Gasteiger charge is -2.33. The molecule has 0 saturated heterocycles. The van der Waals surface area contributed by atoms with E-state index in [-0.39, 0.29) is 6.10 Å². The molecule has 0 aliphatic carbocycles. The number of para-hydroxylation sites is 1. The van der Waals surface area contributed by atoms with Crippen molar-refractivity contribution in [2.24, 2.45) is 11.8 Å². The van der Waals surface area contributed by atoms with Gasteiger partial charge in [0.05, 0.1) is 11.7 Å². The van der Waals surface area contributed by atoms with Gasteiger partial charge in [-0.3, -0.25) is 0 Å². The third kappa shape index (κ3) is 4.82. The van der Waals surface area contributed by atoms with E-state index in [1.165, 1.54) is 0 Å². The molecule has 2 heteroatoms. The highest BCUT2D eigenvalue weighted by molar-refractivity contribution is 5.38. The van der Waals surface area contributed by atoms with E-state index in [9.17, 15) is 5.11 Å². The topological polar surface area (TPSA) is 29.5 Å². The lowest BCUT2D eigenvalue weighted by atomic mass is 9.79. The van der Waals surface area contributed by atoms with Crippen molar-refractivity contribution in [3.8, 4) is 5.75 Å². The van der Waals surface area contributed by atoms with Gasteiger partial charge in [0.25, 0.3) is 0 Å². The van der Waals surface area contributed by atoms with Crippen molar-refractivity contribution < 1.29 is 9.84 Å². The minimum atomic E-state index is -0.812. The molecule has 1 aromatic rings. The molecule has 0 bridgehead atoms. The van der Waals surface area contributed by atoms with E-state index < -0.39 is 5.60 Å². The van der Waals surface area contributed by atoms with Gasteiger partial charge in [0.15, 0.2) is 0 Å². The highest BCUT2D eigenvalue weighted by Crippen LogP contribution is 2.39. The number of hydrogen-bond acceptors (Lipinski definition) is 2. The normalized spacial score (nSPS) is 12.5. The second-order valence-corrected chi connectivity index (χ2v) is 6.89. The van der Waals surface area contributed by atoms with E-state index >= 15 is 0 Å². The maximum absolute atomic E-state index is 11.2. The van der Waals surface area contributed by atoms with E-state index in [4.69, 9.17) is 4.74 Å². The maximum Gasteiger partial charge on any atom is 0.125 e. The molecule has 0 unspecified atom stereocenters. The smallest absolute Gasteiger partial charge is 0.125 e. The Bertz CT molecular complexity index is 398. The Morgan fingerprint density at radius 2 is 1.45 bits per heavy atom. The van der Waals surface area contributed by atoms with Crippen LogP contribution in [0.5, 0.6) is 5.75 Å². The van der Waals surface area contributed by atoms with Crippen LogP contribution in [0.3, 0.4) is 0 Å². The maximum atomic E-state index is 11.2. The predicted octanol–water partition coefficient (Wildman–Crippen LogP) is 4.75. The summed E-state index contributed by atoms with van der Waals surface area (Å²) in [5, 5.41) is 11.2. The molecule has 0 fully saturated rings. The van der Waals surface area contributed by atoms with Crippen LogP contribution < -0.4 is 4.74 Å². The van der Waals surface area contributed by atoms with Gasteiger partial charge in [-0.2, -0.15) is 0 Å². The fraction of sp³-hybridized carbons (Fsp3) is 0.667. The molecule has 0 amide bonds. The molecule has 0 radical (unpaired) electrons. The molecule has 0 aliphatic rings. The molecule has 1 aromatic carbocycles. The van der Waals surface area contributed by atoms with Crippen LogP contribution >= 0.6 is 0 Å². The number of benzene rings is 1. The zero-order valence-electron chi connectivity index (χ0n) is 13.8. The summed E-state index contributed by atoms with van der Waals surface area (Å²) < 4.78 is 5.89. The van der Waals surface area contributed by atoms with Crippen LogP contribution in [0.2, 0.25) is 0 Å². The number of aliphatic hydroxyl groups is 1. The van der Waals surface area contributed by atoms with Gasteiger partial charge in [0, 0.05) is 5.56 Å². The van der Waals surface area contributed by atoms with E-state index in [1.54, 1.807) is 0 Å². The summed E-state index contributed by atoms with van der Waals surface area (Å²) in [5.41, 5.74) is 0.115. The second kappa shape index (κ2) is 7.12. The molecule has 0 aromatic heterocycles. The first-order valence-corrected chi connectivity index (χ1v) is 7.73. The summed E-state index contributed by atoms with van der Waals surface area (Å²) in [6.07, 6.45) is 1.62. The summed E-state index contributed by atoms with van der Waals surface area (Å²) in [5.74, 6) is 1.68. The second-order valence-electron chi connectivity index (χ2n) is 6.89. The Hall–Kier alpha value is -1.02. The SMILES string of the molecule is CC(C)CC(O)(CC(C)C)c1ccccc1OC(C)C. The Kier molecular flexibility index (Phi) is 6.07. The van der Waals surface area contributed by atoms with Gasteiger partial charge in [0.2, 0.25) is 0 Å². The molecule has 1 rings (SSSR count). The Balaban J connectivity index is 3.19. The van der Waals surface area contributed by atoms with Gasteiger partial charge in [-0.15, -0.1) is 0 Å². The van der Waals surface area contributed by atoms with E-state index in [0.29, 0.717) is 11.8 Å². The molecule has 0 saturated carbocycles. The fourth-order valence-electron chi connectivity index (χ4n) is 2.86. The van der Waals surface area contributed by atoms with Crippen LogP contribution in [0, 0.1) is 11.8 Å². The molecular weight excluding hydrogens is 248 g/mol. The molecule has 2 nitrogen and oxygen atoms in total. The minimum absolute atomic E-state index is 0.110. The van der Waals surface area contributed by atoms with Crippen molar-refractivity contribution in [2.45, 2.75) is 66.1 Å². The first-order chi connectivity index (χ1) is 9.24. The fourth-order valence-corrected chi connectivity index (χ4v) is 2.86. The Labute approximate surface area is 124 Å². The summed E-state index contributed by atoms with van der Waals surface area (Å²) in [7, 11) is 0. The summed E-state index contributed by atoms with van der Waals surface area (Å²) in [4.78, 5) is 0. The van der Waals surface area contributed by atoms with Gasteiger partial charge in [0.1, 0.15) is 5.75 Å². The van der Waals surface area contributed by atoms with Gasteiger partial charge >= 0.3 is 0 Å². The molecule has 1 N–H and O–H groups in total. The van der Waals surface area contributed by atoms with Crippen molar-refractivity contribution in [2.75, 3.05) is 0 Å². The van der Waals surface area contributed by atoms with Crippen LogP contribution in [0.25, 0.3) is 0 Å². The van der Waals surface area contributed by atoms with Crippen molar-refractivity contribution in [1.82, 2.24) is 0 Å². The third-order valence-corrected chi connectivity index (χ3v) is 3.24. The average molecular weight is 278 g/mol. The highest BCUT2D eigenvalue weighted by atomic mass is 16.5. The molecule has 20 heavy (non-hydrogen) atoms.